The summed E-state index contributed by atoms with van der Waals surface area (Å²) in [7, 11) is 0. The summed E-state index contributed by atoms with van der Waals surface area (Å²) < 4.78 is 1.38. The molecule has 292 valence electrons. The van der Waals surface area contributed by atoms with Gasteiger partial charge in [-0.15, -0.1) is 11.3 Å². The predicted octanol–water partition coefficient (Wildman–Crippen LogP) is 16.1. The summed E-state index contributed by atoms with van der Waals surface area (Å²) in [4.78, 5) is 3.92. The molecule has 0 saturated carbocycles. The Morgan fingerprint density at radius 1 is 0.475 bits per heavy atom. The van der Waals surface area contributed by atoms with Gasteiger partial charge in [0, 0.05) is 37.5 Å². The molecular formula is C59H45NS. The summed E-state index contributed by atoms with van der Waals surface area (Å²) in [5.74, 6) is 0. The number of nitrogens with zero attached hydrogens (tertiary/aromatic N) is 1. The van der Waals surface area contributed by atoms with E-state index >= 15 is 0 Å². The Kier molecular flexibility index (Phi) is 8.08. The Morgan fingerprint density at radius 3 is 1.90 bits per heavy atom. The highest BCUT2D eigenvalue weighted by Gasteiger charge is 2.43. The topological polar surface area (TPSA) is 3.24 Å². The average Bonchev–Trinajstić information content (AvgIpc) is 3.91. The molecule has 0 amide bonds. The van der Waals surface area contributed by atoms with Gasteiger partial charge in [-0.3, -0.25) is 0 Å². The van der Waals surface area contributed by atoms with Gasteiger partial charge in [-0.2, -0.15) is 0 Å². The maximum absolute atomic E-state index is 2.50. The van der Waals surface area contributed by atoms with Gasteiger partial charge in [0.25, 0.3) is 0 Å². The van der Waals surface area contributed by atoms with Crippen molar-refractivity contribution in [2.24, 2.45) is 0 Å². The molecule has 3 aliphatic carbocycles. The first-order valence-corrected chi connectivity index (χ1v) is 22.5. The fraction of sp³-hybridized carbons (Fsp3) is 0.119. The normalized spacial score (nSPS) is 16.6. The van der Waals surface area contributed by atoms with Gasteiger partial charge < -0.3 is 4.90 Å². The van der Waals surface area contributed by atoms with E-state index in [0.29, 0.717) is 0 Å². The minimum atomic E-state index is -0.362. The number of rotatable bonds is 6. The molecule has 1 aromatic heterocycles. The summed E-state index contributed by atoms with van der Waals surface area (Å²) in [5.41, 5.74) is 21.7. The Bertz CT molecular complexity index is 3220. The van der Waals surface area contributed by atoms with Crippen LogP contribution >= 0.6 is 11.3 Å². The predicted molar refractivity (Wildman–Crippen MR) is 259 cm³/mol. The zero-order chi connectivity index (χ0) is 40.9. The van der Waals surface area contributed by atoms with Gasteiger partial charge in [-0.25, -0.2) is 0 Å². The van der Waals surface area contributed by atoms with Gasteiger partial charge in [-0.05, 0) is 146 Å². The van der Waals surface area contributed by atoms with Gasteiger partial charge in [-0.1, -0.05) is 166 Å². The summed E-state index contributed by atoms with van der Waals surface area (Å²) in [6, 6.07) is 70.5. The van der Waals surface area contributed by atoms with E-state index in [4.69, 9.17) is 0 Å². The van der Waals surface area contributed by atoms with Crippen molar-refractivity contribution in [1.82, 2.24) is 0 Å². The summed E-state index contributed by atoms with van der Waals surface area (Å²) in [6.45, 7) is 7.19. The van der Waals surface area contributed by atoms with Crippen LogP contribution in [-0.4, -0.2) is 0 Å². The van der Waals surface area contributed by atoms with E-state index in [2.05, 4.69) is 220 Å². The standard InChI is InChI=1S/C59H45NS/c1-58(2)51-25-12-10-20-46(51)47-34-32-42(36-53(47)58)60(41-30-28-39(29-31-41)45-23-14-24-49-48-21-11-13-27-55(48)61-57(45)49)43-33-35-50-54(37-43)59(3,40-18-8-5-9-19-40)52-26-15-22-44(56(50)52)38-16-6-4-7-17-38/h4-13,15-23,25-37H,14,24H2,1-3H3. The molecule has 1 heterocycles. The largest absolute Gasteiger partial charge is 0.310 e. The maximum Gasteiger partial charge on any atom is 0.0465 e. The fourth-order valence-corrected chi connectivity index (χ4v) is 12.3. The monoisotopic (exact) mass is 799 g/mol. The molecule has 0 spiro atoms. The third-order valence-corrected chi connectivity index (χ3v) is 15.3. The van der Waals surface area contributed by atoms with Crippen LogP contribution in [0.1, 0.15) is 71.0 Å². The van der Waals surface area contributed by atoms with Gasteiger partial charge in [0.2, 0.25) is 0 Å². The third kappa shape index (κ3) is 5.38. The number of hydrogen-bond donors (Lipinski definition) is 0. The minimum Gasteiger partial charge on any atom is -0.310 e. The van der Waals surface area contributed by atoms with E-state index in [1.807, 2.05) is 11.3 Å². The third-order valence-electron chi connectivity index (χ3n) is 14.1. The molecule has 1 atom stereocenters. The molecule has 2 heteroatoms. The zero-order valence-corrected chi connectivity index (χ0v) is 35.6. The summed E-state index contributed by atoms with van der Waals surface area (Å²) in [5, 5.41) is 1.41. The number of thiophene rings is 1. The van der Waals surface area contributed by atoms with Crippen LogP contribution in [0.15, 0.2) is 194 Å². The van der Waals surface area contributed by atoms with Crippen LogP contribution in [0.2, 0.25) is 0 Å². The van der Waals surface area contributed by atoms with Crippen LogP contribution in [0.3, 0.4) is 0 Å². The van der Waals surface area contributed by atoms with Crippen molar-refractivity contribution >= 4 is 44.1 Å². The van der Waals surface area contributed by atoms with E-state index in [0.717, 1.165) is 29.9 Å². The molecule has 8 aromatic carbocycles. The van der Waals surface area contributed by atoms with E-state index in [9.17, 15) is 0 Å². The van der Waals surface area contributed by atoms with Crippen molar-refractivity contribution < 1.29 is 0 Å². The van der Waals surface area contributed by atoms with E-state index in [-0.39, 0.29) is 10.8 Å². The van der Waals surface area contributed by atoms with Crippen molar-refractivity contribution in [3.05, 3.63) is 238 Å². The van der Waals surface area contributed by atoms with Crippen molar-refractivity contribution in [2.45, 2.75) is 44.4 Å². The molecule has 61 heavy (non-hydrogen) atoms. The highest BCUT2D eigenvalue weighted by molar-refractivity contribution is 7.20. The molecule has 9 aromatic rings. The lowest BCUT2D eigenvalue weighted by atomic mass is 9.74. The lowest BCUT2D eigenvalue weighted by Crippen LogP contribution is -2.23. The number of aryl methyl sites for hydroxylation is 1. The van der Waals surface area contributed by atoms with Crippen LogP contribution < -0.4 is 4.90 Å². The van der Waals surface area contributed by atoms with Gasteiger partial charge in [0.05, 0.1) is 0 Å². The molecule has 0 radical (unpaired) electrons. The highest BCUT2D eigenvalue weighted by Crippen LogP contribution is 2.57. The molecule has 0 bridgehead atoms. The van der Waals surface area contributed by atoms with E-state index < -0.39 is 0 Å². The number of anilines is 3. The molecule has 0 N–H and O–H groups in total. The summed E-state index contributed by atoms with van der Waals surface area (Å²) >= 11 is 1.94. The molecule has 0 aliphatic heterocycles. The van der Waals surface area contributed by atoms with Crippen LogP contribution in [0, 0.1) is 0 Å². The Hall–Kier alpha value is -6.74. The second kappa shape index (κ2) is 13.6. The average molecular weight is 800 g/mol. The molecule has 1 nitrogen and oxygen atoms in total. The lowest BCUT2D eigenvalue weighted by Gasteiger charge is -2.31. The number of benzene rings is 8. The van der Waals surface area contributed by atoms with Crippen LogP contribution in [0.25, 0.3) is 49.0 Å². The quantitative estimate of drug-likeness (QED) is 0.162. The van der Waals surface area contributed by atoms with Gasteiger partial charge >= 0.3 is 0 Å². The van der Waals surface area contributed by atoms with Crippen molar-refractivity contribution in [1.29, 1.82) is 0 Å². The first-order chi connectivity index (χ1) is 29.9. The second-order valence-corrected chi connectivity index (χ2v) is 18.7. The molecule has 0 fully saturated rings. The van der Waals surface area contributed by atoms with Gasteiger partial charge in [0.1, 0.15) is 0 Å². The molecule has 3 aliphatic rings. The highest BCUT2D eigenvalue weighted by atomic mass is 32.1. The smallest absolute Gasteiger partial charge is 0.0465 e. The fourth-order valence-electron chi connectivity index (χ4n) is 11.0. The molecule has 0 saturated heterocycles. The Labute approximate surface area is 362 Å². The van der Waals surface area contributed by atoms with E-state index in [1.54, 1.807) is 0 Å². The summed E-state index contributed by atoms with van der Waals surface area (Å²) in [6.07, 6.45) is 4.62. The van der Waals surface area contributed by atoms with Crippen molar-refractivity contribution in [3.63, 3.8) is 0 Å². The van der Waals surface area contributed by atoms with Gasteiger partial charge in [0.15, 0.2) is 0 Å². The lowest BCUT2D eigenvalue weighted by molar-refractivity contribution is 0.660. The number of allylic oxidation sites excluding steroid dienone is 1. The van der Waals surface area contributed by atoms with Crippen LogP contribution in [0.4, 0.5) is 17.1 Å². The van der Waals surface area contributed by atoms with Crippen LogP contribution in [-0.2, 0) is 17.3 Å². The Balaban J connectivity index is 1.04. The zero-order valence-electron chi connectivity index (χ0n) is 34.7. The van der Waals surface area contributed by atoms with Crippen molar-refractivity contribution in [3.8, 4) is 33.4 Å². The number of hydrogen-bond acceptors (Lipinski definition) is 2. The van der Waals surface area contributed by atoms with E-state index in [1.165, 1.54) is 92.9 Å². The first kappa shape index (κ1) is 36.1. The Morgan fingerprint density at radius 2 is 1.10 bits per heavy atom. The van der Waals surface area contributed by atoms with Crippen LogP contribution in [0.5, 0.6) is 0 Å². The molecular weight excluding hydrogens is 755 g/mol. The molecule has 12 rings (SSSR count). The SMILES string of the molecule is CC1(C)c2ccccc2-c2ccc(N(c3ccc(C4=CCCc5c4sc4ccccc54)cc3)c3ccc4c(c3)C(C)(c3ccccc3)c3cccc(-c5ccccc5)c3-4)cc21. The molecule has 1 unspecified atom stereocenters. The second-order valence-electron chi connectivity index (χ2n) is 17.7. The first-order valence-electron chi connectivity index (χ1n) is 21.6. The maximum atomic E-state index is 2.50. The minimum absolute atomic E-state index is 0.119. The number of fused-ring (bicyclic) bond motifs is 9. The van der Waals surface area contributed by atoms with Crippen molar-refractivity contribution in [2.75, 3.05) is 4.90 Å².